The highest BCUT2D eigenvalue weighted by Gasteiger charge is 2.08. The Morgan fingerprint density at radius 1 is 1.45 bits per heavy atom. The quantitative estimate of drug-likeness (QED) is 0.520. The largest absolute Gasteiger partial charge is 0.301 e. The molecule has 5 heteroatoms. The molecule has 0 aliphatic rings. The van der Waals surface area contributed by atoms with Gasteiger partial charge in [-0.05, 0) is 25.0 Å². The van der Waals surface area contributed by atoms with Crippen molar-refractivity contribution in [3.63, 3.8) is 0 Å². The van der Waals surface area contributed by atoms with E-state index in [1.165, 1.54) is 11.8 Å². The van der Waals surface area contributed by atoms with Gasteiger partial charge in [-0.25, -0.2) is 4.98 Å². The zero-order valence-corrected chi connectivity index (χ0v) is 12.7. The van der Waals surface area contributed by atoms with Crippen LogP contribution in [0.5, 0.6) is 0 Å². The molecule has 0 unspecified atom stereocenters. The van der Waals surface area contributed by atoms with Gasteiger partial charge >= 0.3 is 0 Å². The number of hydrogen-bond donors (Lipinski definition) is 1. The minimum absolute atomic E-state index is 0.0981. The summed E-state index contributed by atoms with van der Waals surface area (Å²) in [7, 11) is 0. The van der Waals surface area contributed by atoms with Crippen LogP contribution in [0.2, 0.25) is 5.02 Å². The molecule has 1 heterocycles. The number of aromatic nitrogens is 2. The van der Waals surface area contributed by atoms with Gasteiger partial charge in [0, 0.05) is 22.0 Å². The number of nitrogens with zero attached hydrogens (tertiary/aromatic N) is 1. The predicted octanol–water partition coefficient (Wildman–Crippen LogP) is 3.75. The molecule has 1 N–H and O–H groups in total. The molecule has 2 aromatic rings. The fraction of sp³-hybridized carbons (Fsp3) is 0.200. The lowest BCUT2D eigenvalue weighted by Gasteiger charge is -2.06. The van der Waals surface area contributed by atoms with E-state index in [-0.39, 0.29) is 5.56 Å². The van der Waals surface area contributed by atoms with Gasteiger partial charge < -0.3 is 4.98 Å². The van der Waals surface area contributed by atoms with Crippen molar-refractivity contribution in [3.05, 3.63) is 69.1 Å². The average Bonchev–Trinajstić information content (AvgIpc) is 2.42. The Morgan fingerprint density at radius 3 is 2.85 bits per heavy atom. The summed E-state index contributed by atoms with van der Waals surface area (Å²) in [6.07, 6.45) is 2.24. The fourth-order valence-electron chi connectivity index (χ4n) is 1.80. The summed E-state index contributed by atoms with van der Waals surface area (Å²) in [5, 5.41) is 1.34. The monoisotopic (exact) mass is 306 g/mol. The molecule has 1 aromatic heterocycles. The number of H-pyrrole nitrogens is 1. The van der Waals surface area contributed by atoms with E-state index in [0.717, 1.165) is 16.3 Å². The van der Waals surface area contributed by atoms with Gasteiger partial charge in [0.05, 0.1) is 0 Å². The van der Waals surface area contributed by atoms with E-state index in [9.17, 15) is 4.79 Å². The van der Waals surface area contributed by atoms with Crippen LogP contribution in [0.1, 0.15) is 16.8 Å². The third-order valence-electron chi connectivity index (χ3n) is 2.87. The minimum Gasteiger partial charge on any atom is -0.301 e. The van der Waals surface area contributed by atoms with Crippen molar-refractivity contribution in [2.45, 2.75) is 24.3 Å². The van der Waals surface area contributed by atoms with E-state index in [0.29, 0.717) is 22.9 Å². The highest BCUT2D eigenvalue weighted by atomic mass is 35.5. The van der Waals surface area contributed by atoms with Gasteiger partial charge in [-0.3, -0.25) is 4.79 Å². The molecule has 0 saturated carbocycles. The third-order valence-corrected chi connectivity index (χ3v) is 4.16. The van der Waals surface area contributed by atoms with Crippen LogP contribution < -0.4 is 5.56 Å². The minimum atomic E-state index is -0.0981. The van der Waals surface area contributed by atoms with Gasteiger partial charge in [0.2, 0.25) is 0 Å². The molecule has 0 saturated heterocycles. The fourth-order valence-corrected chi connectivity index (χ4v) is 2.99. The van der Waals surface area contributed by atoms with Gasteiger partial charge in [-0.15, -0.1) is 6.58 Å². The Balaban J connectivity index is 2.17. The first kappa shape index (κ1) is 14.9. The van der Waals surface area contributed by atoms with Crippen LogP contribution in [0.4, 0.5) is 0 Å². The molecule has 104 valence electrons. The zero-order valence-electron chi connectivity index (χ0n) is 11.1. The van der Waals surface area contributed by atoms with Gasteiger partial charge in [0.25, 0.3) is 5.56 Å². The molecule has 0 spiro atoms. The zero-order chi connectivity index (χ0) is 14.5. The SMILES string of the molecule is C=CCc1c(C)nc(SCc2ccccc2Cl)[nH]c1=O. The van der Waals surface area contributed by atoms with Crippen molar-refractivity contribution in [2.24, 2.45) is 0 Å². The normalized spacial score (nSPS) is 10.5. The number of allylic oxidation sites excluding steroid dienone is 1. The molecule has 0 radical (unpaired) electrons. The molecule has 0 aliphatic heterocycles. The Labute approximate surface area is 127 Å². The molecule has 20 heavy (non-hydrogen) atoms. The van der Waals surface area contributed by atoms with Crippen LogP contribution in [-0.4, -0.2) is 9.97 Å². The molecule has 0 fully saturated rings. The van der Waals surface area contributed by atoms with E-state index in [1.807, 2.05) is 31.2 Å². The summed E-state index contributed by atoms with van der Waals surface area (Å²) in [5.41, 5.74) is 2.34. The second kappa shape index (κ2) is 6.77. The number of thioether (sulfide) groups is 1. The smallest absolute Gasteiger partial charge is 0.255 e. The highest BCUT2D eigenvalue weighted by Crippen LogP contribution is 2.24. The van der Waals surface area contributed by atoms with Crippen LogP contribution in [0.15, 0.2) is 46.9 Å². The van der Waals surface area contributed by atoms with Crippen LogP contribution in [0.25, 0.3) is 0 Å². The maximum absolute atomic E-state index is 11.9. The summed E-state index contributed by atoms with van der Waals surface area (Å²) in [5.74, 6) is 0.670. The molecule has 0 amide bonds. The number of nitrogens with one attached hydrogen (secondary N) is 1. The van der Waals surface area contributed by atoms with Gasteiger partial charge in [0.15, 0.2) is 5.16 Å². The first-order valence-corrected chi connectivity index (χ1v) is 7.55. The first-order valence-electron chi connectivity index (χ1n) is 6.18. The second-order valence-corrected chi connectivity index (χ2v) is 5.68. The van der Waals surface area contributed by atoms with Crippen molar-refractivity contribution in [2.75, 3.05) is 0 Å². The number of benzene rings is 1. The molecule has 0 atom stereocenters. The second-order valence-electron chi connectivity index (χ2n) is 4.31. The molecule has 0 bridgehead atoms. The number of halogens is 1. The third kappa shape index (κ3) is 3.52. The maximum atomic E-state index is 11.9. The standard InChI is InChI=1S/C15H15ClN2OS/c1-3-6-12-10(2)17-15(18-14(12)19)20-9-11-7-4-5-8-13(11)16/h3-5,7-8H,1,6,9H2,2H3,(H,17,18,19). The van der Waals surface area contributed by atoms with E-state index >= 15 is 0 Å². The number of rotatable bonds is 5. The van der Waals surface area contributed by atoms with Gasteiger partial charge in [-0.2, -0.15) is 0 Å². The van der Waals surface area contributed by atoms with Crippen molar-refractivity contribution in [1.29, 1.82) is 0 Å². The summed E-state index contributed by atoms with van der Waals surface area (Å²) in [6, 6.07) is 7.65. The molecule has 1 aromatic carbocycles. The van der Waals surface area contributed by atoms with E-state index in [4.69, 9.17) is 11.6 Å². The summed E-state index contributed by atoms with van der Waals surface area (Å²) in [6.45, 7) is 5.49. The Morgan fingerprint density at radius 2 is 2.20 bits per heavy atom. The summed E-state index contributed by atoms with van der Waals surface area (Å²) in [4.78, 5) is 19.2. The van der Waals surface area contributed by atoms with Crippen molar-refractivity contribution < 1.29 is 0 Å². The van der Waals surface area contributed by atoms with Gasteiger partial charge in [0.1, 0.15) is 0 Å². The maximum Gasteiger partial charge on any atom is 0.255 e. The molecule has 2 rings (SSSR count). The number of hydrogen-bond acceptors (Lipinski definition) is 3. The highest BCUT2D eigenvalue weighted by molar-refractivity contribution is 7.98. The van der Waals surface area contributed by atoms with Gasteiger partial charge in [-0.1, -0.05) is 47.6 Å². The van der Waals surface area contributed by atoms with E-state index in [1.54, 1.807) is 6.08 Å². The first-order chi connectivity index (χ1) is 9.61. The van der Waals surface area contributed by atoms with E-state index < -0.39 is 0 Å². The Hall–Kier alpha value is -1.52. The van der Waals surface area contributed by atoms with Crippen molar-refractivity contribution in [3.8, 4) is 0 Å². The van der Waals surface area contributed by atoms with Crippen molar-refractivity contribution in [1.82, 2.24) is 9.97 Å². The van der Waals surface area contributed by atoms with E-state index in [2.05, 4.69) is 16.5 Å². The molecular formula is C15H15ClN2OS. The Kier molecular flexibility index (Phi) is 5.04. The molecular weight excluding hydrogens is 292 g/mol. The topological polar surface area (TPSA) is 45.8 Å². The average molecular weight is 307 g/mol. The van der Waals surface area contributed by atoms with Crippen molar-refractivity contribution >= 4 is 23.4 Å². The summed E-state index contributed by atoms with van der Waals surface area (Å²) >= 11 is 7.57. The van der Waals surface area contributed by atoms with Crippen LogP contribution >= 0.6 is 23.4 Å². The van der Waals surface area contributed by atoms with Crippen LogP contribution in [0.3, 0.4) is 0 Å². The van der Waals surface area contributed by atoms with Crippen LogP contribution in [0, 0.1) is 6.92 Å². The lowest BCUT2D eigenvalue weighted by Crippen LogP contribution is -2.16. The molecule has 3 nitrogen and oxygen atoms in total. The predicted molar refractivity (Wildman–Crippen MR) is 84.5 cm³/mol. The Bertz CT molecular complexity index is 682. The lowest BCUT2D eigenvalue weighted by atomic mass is 10.2. The summed E-state index contributed by atoms with van der Waals surface area (Å²) < 4.78 is 0. The van der Waals surface area contributed by atoms with Crippen LogP contribution in [-0.2, 0) is 12.2 Å². The lowest BCUT2D eigenvalue weighted by molar-refractivity contribution is 0.871. The number of aromatic amines is 1. The molecule has 0 aliphatic carbocycles. The number of aryl methyl sites for hydroxylation is 1.